The van der Waals surface area contributed by atoms with Crippen LogP contribution >= 0.6 is 0 Å². The Morgan fingerprint density at radius 3 is 2.50 bits per heavy atom. The third kappa shape index (κ3) is 3.84. The SMILES string of the molecule is CCOC(=O)N1C2CCC1CC(=C1c3ccccc3Oc3cc(C(=O)N(C)CCO)ccc31)C2. The van der Waals surface area contributed by atoms with Crippen molar-refractivity contribution >= 4 is 17.6 Å². The molecule has 7 heteroatoms. The van der Waals surface area contributed by atoms with E-state index in [1.807, 2.05) is 42.2 Å². The molecular formula is C27H30N2O5. The zero-order chi connectivity index (χ0) is 23.8. The first-order chi connectivity index (χ1) is 16.5. The van der Waals surface area contributed by atoms with Crippen LogP contribution in [-0.2, 0) is 4.74 Å². The van der Waals surface area contributed by atoms with Crippen molar-refractivity contribution in [3.63, 3.8) is 0 Å². The molecule has 2 fully saturated rings. The minimum Gasteiger partial charge on any atom is -0.456 e. The average Bonchev–Trinajstić information content (AvgIpc) is 3.11. The lowest BCUT2D eigenvalue weighted by Crippen LogP contribution is -2.45. The van der Waals surface area contributed by atoms with E-state index >= 15 is 0 Å². The van der Waals surface area contributed by atoms with Crippen LogP contribution in [0.1, 0.15) is 54.1 Å². The number of rotatable bonds is 4. The van der Waals surface area contributed by atoms with Gasteiger partial charge in [0.2, 0.25) is 0 Å². The molecule has 2 bridgehead atoms. The number of hydrogen-bond acceptors (Lipinski definition) is 5. The number of amides is 2. The number of benzene rings is 2. The summed E-state index contributed by atoms with van der Waals surface area (Å²) in [6.07, 6.45) is 3.37. The number of aliphatic hydroxyl groups excluding tert-OH is 1. The van der Waals surface area contributed by atoms with Gasteiger partial charge in [-0.25, -0.2) is 4.79 Å². The van der Waals surface area contributed by atoms with Gasteiger partial charge in [-0.1, -0.05) is 23.8 Å². The van der Waals surface area contributed by atoms with E-state index in [9.17, 15) is 14.7 Å². The van der Waals surface area contributed by atoms with Gasteiger partial charge in [-0.2, -0.15) is 0 Å². The number of likely N-dealkylation sites (N-methyl/N-ethyl adjacent to an activating group) is 1. The summed E-state index contributed by atoms with van der Waals surface area (Å²) >= 11 is 0. The van der Waals surface area contributed by atoms with Crippen molar-refractivity contribution in [1.82, 2.24) is 9.80 Å². The van der Waals surface area contributed by atoms with E-state index in [0.29, 0.717) is 17.9 Å². The van der Waals surface area contributed by atoms with Gasteiger partial charge in [-0.15, -0.1) is 0 Å². The summed E-state index contributed by atoms with van der Waals surface area (Å²) in [5.41, 5.74) is 5.02. The minimum atomic E-state index is -0.206. The van der Waals surface area contributed by atoms with Crippen molar-refractivity contribution in [3.8, 4) is 11.5 Å². The van der Waals surface area contributed by atoms with E-state index in [1.165, 1.54) is 10.5 Å². The highest BCUT2D eigenvalue weighted by molar-refractivity contribution is 5.97. The molecule has 1 N–H and O–H groups in total. The van der Waals surface area contributed by atoms with Crippen LogP contribution in [0.25, 0.3) is 5.57 Å². The van der Waals surface area contributed by atoms with Gasteiger partial charge in [0.25, 0.3) is 5.91 Å². The van der Waals surface area contributed by atoms with Gasteiger partial charge in [0.05, 0.1) is 13.2 Å². The van der Waals surface area contributed by atoms with Crippen LogP contribution in [0.5, 0.6) is 11.5 Å². The summed E-state index contributed by atoms with van der Waals surface area (Å²) in [4.78, 5) is 28.8. The molecule has 0 spiro atoms. The fraction of sp³-hybridized carbons (Fsp3) is 0.407. The molecule has 0 radical (unpaired) electrons. The van der Waals surface area contributed by atoms with Crippen LogP contribution in [0.2, 0.25) is 0 Å². The van der Waals surface area contributed by atoms with E-state index in [1.54, 1.807) is 13.1 Å². The monoisotopic (exact) mass is 462 g/mol. The zero-order valence-corrected chi connectivity index (χ0v) is 19.6. The van der Waals surface area contributed by atoms with Crippen LogP contribution < -0.4 is 4.74 Å². The van der Waals surface area contributed by atoms with Crippen molar-refractivity contribution in [2.45, 2.75) is 44.7 Å². The van der Waals surface area contributed by atoms with E-state index < -0.39 is 0 Å². The molecule has 7 nitrogen and oxygen atoms in total. The Morgan fingerprint density at radius 2 is 1.79 bits per heavy atom. The molecule has 3 aliphatic rings. The molecule has 178 valence electrons. The normalized spacial score (nSPS) is 20.4. The van der Waals surface area contributed by atoms with Gasteiger partial charge in [-0.3, -0.25) is 4.79 Å². The Morgan fingerprint density at radius 1 is 1.09 bits per heavy atom. The second kappa shape index (κ2) is 9.14. The van der Waals surface area contributed by atoms with Crippen molar-refractivity contribution in [1.29, 1.82) is 0 Å². The van der Waals surface area contributed by atoms with Crippen LogP contribution in [0.15, 0.2) is 48.0 Å². The molecule has 2 unspecified atom stereocenters. The molecule has 0 aromatic heterocycles. The molecule has 3 heterocycles. The molecule has 2 aromatic carbocycles. The third-order valence-electron chi connectivity index (χ3n) is 7.07. The number of piperidine rings is 1. The van der Waals surface area contributed by atoms with Gasteiger partial charge in [0.1, 0.15) is 11.5 Å². The summed E-state index contributed by atoms with van der Waals surface area (Å²) in [5, 5.41) is 9.19. The topological polar surface area (TPSA) is 79.3 Å². The first kappa shape index (κ1) is 22.5. The van der Waals surface area contributed by atoms with Gasteiger partial charge < -0.3 is 24.4 Å². The second-order valence-corrected chi connectivity index (χ2v) is 9.14. The lowest BCUT2D eigenvalue weighted by molar-refractivity contribution is 0.0765. The summed E-state index contributed by atoms with van der Waals surface area (Å²) in [5.74, 6) is 1.27. The number of para-hydroxylation sites is 1. The van der Waals surface area contributed by atoms with Crippen LogP contribution in [0.4, 0.5) is 4.79 Å². The fourth-order valence-electron chi connectivity index (χ4n) is 5.54. The highest BCUT2D eigenvalue weighted by Crippen LogP contribution is 2.49. The molecule has 5 rings (SSSR count). The fourth-order valence-corrected chi connectivity index (χ4v) is 5.54. The van der Waals surface area contributed by atoms with Crippen molar-refractivity contribution in [2.24, 2.45) is 0 Å². The summed E-state index contributed by atoms with van der Waals surface area (Å²) < 4.78 is 11.6. The summed E-state index contributed by atoms with van der Waals surface area (Å²) in [6.45, 7) is 2.41. The van der Waals surface area contributed by atoms with Gasteiger partial charge in [-0.05, 0) is 62.4 Å². The summed E-state index contributed by atoms with van der Waals surface area (Å²) in [6, 6.07) is 13.9. The Balaban J connectivity index is 1.55. The van der Waals surface area contributed by atoms with E-state index in [4.69, 9.17) is 9.47 Å². The molecule has 2 atom stereocenters. The highest BCUT2D eigenvalue weighted by atomic mass is 16.6. The molecular weight excluding hydrogens is 432 g/mol. The molecule has 0 aliphatic carbocycles. The molecule has 3 aliphatic heterocycles. The zero-order valence-electron chi connectivity index (χ0n) is 19.6. The predicted octanol–water partition coefficient (Wildman–Crippen LogP) is 4.44. The van der Waals surface area contributed by atoms with Gasteiger partial charge >= 0.3 is 6.09 Å². The number of aliphatic hydroxyl groups is 1. The number of fused-ring (bicyclic) bond motifs is 4. The maximum atomic E-state index is 12.8. The Labute approximate surface area is 199 Å². The maximum Gasteiger partial charge on any atom is 0.410 e. The Bertz CT molecular complexity index is 1140. The van der Waals surface area contributed by atoms with Crippen molar-refractivity contribution in [3.05, 3.63) is 64.7 Å². The largest absolute Gasteiger partial charge is 0.456 e. The summed E-state index contributed by atoms with van der Waals surface area (Å²) in [7, 11) is 1.68. The molecule has 2 amide bonds. The lowest BCUT2D eigenvalue weighted by Gasteiger charge is -2.37. The first-order valence-corrected chi connectivity index (χ1v) is 12.0. The first-order valence-electron chi connectivity index (χ1n) is 12.0. The van der Waals surface area contributed by atoms with Crippen molar-refractivity contribution < 1.29 is 24.2 Å². The quantitative estimate of drug-likeness (QED) is 0.620. The third-order valence-corrected chi connectivity index (χ3v) is 7.07. The molecule has 34 heavy (non-hydrogen) atoms. The van der Waals surface area contributed by atoms with Gasteiger partial charge in [0, 0.05) is 42.4 Å². The minimum absolute atomic E-state index is 0.0849. The number of nitrogens with zero attached hydrogens (tertiary/aromatic N) is 2. The number of hydrogen-bond donors (Lipinski definition) is 1. The number of ether oxygens (including phenoxy) is 2. The van der Waals surface area contributed by atoms with E-state index in [-0.39, 0.29) is 37.2 Å². The maximum absolute atomic E-state index is 12.8. The average molecular weight is 463 g/mol. The second-order valence-electron chi connectivity index (χ2n) is 9.14. The van der Waals surface area contributed by atoms with Crippen LogP contribution in [-0.4, -0.2) is 65.8 Å². The van der Waals surface area contributed by atoms with Gasteiger partial charge in [0.15, 0.2) is 0 Å². The van der Waals surface area contributed by atoms with Crippen molar-refractivity contribution in [2.75, 3.05) is 26.8 Å². The smallest absolute Gasteiger partial charge is 0.410 e. The Kier molecular flexibility index (Phi) is 6.04. The predicted molar refractivity (Wildman–Crippen MR) is 128 cm³/mol. The standard InChI is InChI=1S/C27H30N2O5/c1-3-33-27(32)29-19-9-10-20(29)15-18(14-19)25-21-6-4-5-7-23(21)34-24-16-17(8-11-22(24)25)26(31)28(2)12-13-30/h4-8,11,16,19-20,30H,3,9-10,12-15H2,1-2H3. The van der Waals surface area contributed by atoms with E-state index in [2.05, 4.69) is 6.07 Å². The lowest BCUT2D eigenvalue weighted by atomic mass is 9.83. The number of carbonyl (C=O) groups excluding carboxylic acids is 2. The highest BCUT2D eigenvalue weighted by Gasteiger charge is 2.43. The van der Waals surface area contributed by atoms with Crippen LogP contribution in [0, 0.1) is 0 Å². The Hall–Kier alpha value is -3.32. The van der Waals surface area contributed by atoms with E-state index in [0.717, 1.165) is 48.1 Å². The molecule has 2 aromatic rings. The molecule has 2 saturated heterocycles. The number of carbonyl (C=O) groups is 2. The molecule has 0 saturated carbocycles. The van der Waals surface area contributed by atoms with Crippen LogP contribution in [0.3, 0.4) is 0 Å².